The molecule has 0 aliphatic heterocycles. The molecule has 3 N–H and O–H groups in total. The number of ether oxygens (including phenoxy) is 2. The van der Waals surface area contributed by atoms with Crippen LogP contribution in [0.2, 0.25) is 0 Å². The molecule has 0 radical (unpaired) electrons. The molecule has 0 heterocycles. The number of guanidine groups is 1. The SMILES string of the molecule is CN=C(NCc1cc(OC)c(O)c(OC)c1)NC(C)c1cccc(C(F)(F)F)c1.I. The Kier molecular flexibility index (Phi) is 9.53. The summed E-state index contributed by atoms with van der Waals surface area (Å²) in [6.45, 7) is 2.07. The van der Waals surface area contributed by atoms with Crippen LogP contribution < -0.4 is 20.1 Å². The van der Waals surface area contributed by atoms with Crippen molar-refractivity contribution in [2.24, 2.45) is 4.99 Å². The van der Waals surface area contributed by atoms with E-state index in [1.165, 1.54) is 20.3 Å². The van der Waals surface area contributed by atoms with E-state index in [0.717, 1.165) is 17.7 Å². The van der Waals surface area contributed by atoms with Crippen molar-refractivity contribution in [3.8, 4) is 17.2 Å². The number of aliphatic imine (C=N–C) groups is 1. The summed E-state index contributed by atoms with van der Waals surface area (Å²) < 4.78 is 49.0. The van der Waals surface area contributed by atoms with Crippen LogP contribution in [0.5, 0.6) is 17.2 Å². The van der Waals surface area contributed by atoms with Crippen molar-refractivity contribution >= 4 is 29.9 Å². The number of hydrogen-bond acceptors (Lipinski definition) is 4. The molecular weight excluding hydrogens is 514 g/mol. The van der Waals surface area contributed by atoms with Gasteiger partial charge in [-0.3, -0.25) is 4.99 Å². The highest BCUT2D eigenvalue weighted by molar-refractivity contribution is 14.0. The van der Waals surface area contributed by atoms with E-state index < -0.39 is 17.8 Å². The predicted molar refractivity (Wildman–Crippen MR) is 120 cm³/mol. The maximum Gasteiger partial charge on any atom is 0.416 e. The number of phenolic OH excluding ortho intramolecular Hbond substituents is 1. The smallest absolute Gasteiger partial charge is 0.416 e. The number of phenols is 1. The van der Waals surface area contributed by atoms with E-state index in [9.17, 15) is 18.3 Å². The minimum Gasteiger partial charge on any atom is -0.502 e. The minimum atomic E-state index is -4.40. The zero-order valence-corrected chi connectivity index (χ0v) is 19.3. The maximum atomic E-state index is 12.9. The van der Waals surface area contributed by atoms with E-state index in [0.29, 0.717) is 18.1 Å². The maximum absolute atomic E-state index is 12.9. The first kappa shape index (κ1) is 25.7. The van der Waals surface area contributed by atoms with E-state index >= 15 is 0 Å². The van der Waals surface area contributed by atoms with Crippen molar-refractivity contribution in [3.63, 3.8) is 0 Å². The lowest BCUT2D eigenvalue weighted by Gasteiger charge is -2.20. The van der Waals surface area contributed by atoms with Gasteiger partial charge in [0.05, 0.1) is 25.8 Å². The van der Waals surface area contributed by atoms with E-state index in [2.05, 4.69) is 15.6 Å². The van der Waals surface area contributed by atoms with Gasteiger partial charge in [0.25, 0.3) is 0 Å². The highest BCUT2D eigenvalue weighted by Crippen LogP contribution is 2.37. The van der Waals surface area contributed by atoms with Gasteiger partial charge in [0.15, 0.2) is 17.5 Å². The molecule has 2 aromatic carbocycles. The molecule has 30 heavy (non-hydrogen) atoms. The molecule has 6 nitrogen and oxygen atoms in total. The van der Waals surface area contributed by atoms with Gasteiger partial charge in [-0.1, -0.05) is 12.1 Å². The molecular formula is C20H25F3IN3O3. The molecule has 0 saturated carbocycles. The van der Waals surface area contributed by atoms with Crippen LogP contribution in [0, 0.1) is 0 Å². The van der Waals surface area contributed by atoms with Crippen molar-refractivity contribution in [1.29, 1.82) is 0 Å². The van der Waals surface area contributed by atoms with Crippen LogP contribution in [-0.2, 0) is 12.7 Å². The Hall–Kier alpha value is -2.37. The fraction of sp³-hybridized carbons (Fsp3) is 0.350. The predicted octanol–water partition coefficient (Wildman–Crippen LogP) is 4.47. The fourth-order valence-electron chi connectivity index (χ4n) is 2.70. The summed E-state index contributed by atoms with van der Waals surface area (Å²) >= 11 is 0. The summed E-state index contributed by atoms with van der Waals surface area (Å²) in [6.07, 6.45) is -4.40. The third kappa shape index (κ3) is 6.57. The zero-order valence-electron chi connectivity index (χ0n) is 17.0. The number of hydrogen-bond donors (Lipinski definition) is 3. The van der Waals surface area contributed by atoms with Gasteiger partial charge in [-0.15, -0.1) is 24.0 Å². The quantitative estimate of drug-likeness (QED) is 0.287. The monoisotopic (exact) mass is 539 g/mol. The van der Waals surface area contributed by atoms with Gasteiger partial charge < -0.3 is 25.2 Å². The first-order valence-electron chi connectivity index (χ1n) is 8.77. The Morgan fingerprint density at radius 3 is 2.23 bits per heavy atom. The van der Waals surface area contributed by atoms with Gasteiger partial charge in [0, 0.05) is 13.6 Å². The molecule has 1 atom stereocenters. The normalized spacial score (nSPS) is 12.6. The Labute approximate surface area is 190 Å². The van der Waals surface area contributed by atoms with Gasteiger partial charge in [0.1, 0.15) is 0 Å². The Morgan fingerprint density at radius 1 is 1.13 bits per heavy atom. The summed E-state index contributed by atoms with van der Waals surface area (Å²) in [4.78, 5) is 4.10. The van der Waals surface area contributed by atoms with Crippen molar-refractivity contribution < 1.29 is 27.8 Å². The molecule has 0 aromatic heterocycles. The third-order valence-corrected chi connectivity index (χ3v) is 4.29. The van der Waals surface area contributed by atoms with Crippen LogP contribution >= 0.6 is 24.0 Å². The average molecular weight is 539 g/mol. The molecule has 0 aliphatic rings. The van der Waals surface area contributed by atoms with Crippen LogP contribution in [0.3, 0.4) is 0 Å². The first-order chi connectivity index (χ1) is 13.7. The first-order valence-corrected chi connectivity index (χ1v) is 8.77. The number of benzene rings is 2. The van der Waals surface area contributed by atoms with Gasteiger partial charge >= 0.3 is 6.18 Å². The summed E-state index contributed by atoms with van der Waals surface area (Å²) in [6, 6.07) is 8.03. The molecule has 2 aromatic rings. The van der Waals surface area contributed by atoms with E-state index in [-0.39, 0.29) is 41.2 Å². The lowest BCUT2D eigenvalue weighted by Crippen LogP contribution is -2.38. The van der Waals surface area contributed by atoms with Crippen molar-refractivity contribution in [2.75, 3.05) is 21.3 Å². The largest absolute Gasteiger partial charge is 0.502 e. The summed E-state index contributed by atoms with van der Waals surface area (Å²) in [7, 11) is 4.43. The minimum absolute atomic E-state index is 0. The standard InChI is InChI=1S/C20H24F3N3O3.HI/c1-12(14-6-5-7-15(10-14)20(21,22)23)26-19(24-2)25-11-13-8-16(28-3)18(27)17(9-13)29-4;/h5-10,12,27H,11H2,1-4H3,(H2,24,25,26);1H. The molecule has 0 fully saturated rings. The van der Waals surface area contributed by atoms with Crippen molar-refractivity contribution in [1.82, 2.24) is 10.6 Å². The summed E-state index contributed by atoms with van der Waals surface area (Å²) in [5.74, 6) is 0.836. The second kappa shape index (κ2) is 11.1. The van der Waals surface area contributed by atoms with Crippen LogP contribution in [-0.4, -0.2) is 32.3 Å². The van der Waals surface area contributed by atoms with E-state index in [4.69, 9.17) is 9.47 Å². The van der Waals surface area contributed by atoms with Crippen LogP contribution in [0.4, 0.5) is 13.2 Å². The fourth-order valence-corrected chi connectivity index (χ4v) is 2.70. The molecule has 0 saturated heterocycles. The third-order valence-electron chi connectivity index (χ3n) is 4.29. The van der Waals surface area contributed by atoms with Crippen LogP contribution in [0.25, 0.3) is 0 Å². The lowest BCUT2D eigenvalue weighted by atomic mass is 10.1. The second-order valence-electron chi connectivity index (χ2n) is 6.26. The summed E-state index contributed by atoms with van der Waals surface area (Å²) in [5.41, 5.74) is 0.539. The van der Waals surface area contributed by atoms with Crippen molar-refractivity contribution in [3.05, 3.63) is 53.1 Å². The topological polar surface area (TPSA) is 75.1 Å². The number of rotatable bonds is 6. The highest BCUT2D eigenvalue weighted by atomic mass is 127. The molecule has 0 spiro atoms. The van der Waals surface area contributed by atoms with E-state index in [1.807, 2.05) is 0 Å². The molecule has 1 unspecified atom stereocenters. The van der Waals surface area contributed by atoms with Gasteiger partial charge in [0.2, 0.25) is 5.75 Å². The van der Waals surface area contributed by atoms with Crippen LogP contribution in [0.1, 0.15) is 29.7 Å². The number of aromatic hydroxyl groups is 1. The highest BCUT2D eigenvalue weighted by Gasteiger charge is 2.30. The van der Waals surface area contributed by atoms with Crippen molar-refractivity contribution in [2.45, 2.75) is 25.7 Å². The molecule has 0 aliphatic carbocycles. The lowest BCUT2D eigenvalue weighted by molar-refractivity contribution is -0.137. The molecule has 166 valence electrons. The Bertz CT molecular complexity index is 851. The second-order valence-corrected chi connectivity index (χ2v) is 6.26. The number of methoxy groups -OCH3 is 2. The zero-order chi connectivity index (χ0) is 21.6. The molecule has 0 amide bonds. The number of halogens is 4. The van der Waals surface area contributed by atoms with E-state index in [1.54, 1.807) is 32.2 Å². The Balaban J connectivity index is 0.00000450. The molecule has 10 heteroatoms. The van der Waals surface area contributed by atoms with Crippen LogP contribution in [0.15, 0.2) is 41.4 Å². The molecule has 0 bridgehead atoms. The summed E-state index contributed by atoms with van der Waals surface area (Å²) in [5, 5.41) is 16.1. The average Bonchev–Trinajstić information content (AvgIpc) is 2.71. The Morgan fingerprint density at radius 2 is 1.73 bits per heavy atom. The number of nitrogens with one attached hydrogen (secondary N) is 2. The molecule has 2 rings (SSSR count). The van der Waals surface area contributed by atoms with Gasteiger partial charge in [-0.25, -0.2) is 0 Å². The number of alkyl halides is 3. The number of nitrogens with zero attached hydrogens (tertiary/aromatic N) is 1. The van der Waals surface area contributed by atoms with Gasteiger partial charge in [-0.05, 0) is 42.3 Å². The van der Waals surface area contributed by atoms with Gasteiger partial charge in [-0.2, -0.15) is 13.2 Å².